The minimum atomic E-state index is -2.62. The quantitative estimate of drug-likeness (QED) is 0.890. The molecule has 1 aromatic carbocycles. The molecule has 1 unspecified atom stereocenters. The van der Waals surface area contributed by atoms with Gasteiger partial charge in [-0.3, -0.25) is 9.47 Å². The summed E-state index contributed by atoms with van der Waals surface area (Å²) in [5.41, 5.74) is 1.02. The van der Waals surface area contributed by atoms with Crippen molar-refractivity contribution < 1.29 is 13.9 Å². The smallest absolute Gasteiger partial charge is 0.320 e. The Morgan fingerprint density at radius 3 is 2.76 bits per heavy atom. The van der Waals surface area contributed by atoms with Gasteiger partial charge >= 0.3 is 6.55 Å². The molecule has 114 valence electrons. The normalized spacial score (nSPS) is 17.0. The lowest BCUT2D eigenvalue weighted by Gasteiger charge is -2.20. The van der Waals surface area contributed by atoms with E-state index in [4.69, 9.17) is 0 Å². The molecular weight excluding hydrogens is 276 g/mol. The van der Waals surface area contributed by atoms with Crippen molar-refractivity contribution in [2.45, 2.75) is 32.0 Å². The molecule has 21 heavy (non-hydrogen) atoms. The highest BCUT2D eigenvalue weighted by Crippen LogP contribution is 2.33. The Balaban J connectivity index is 1.80. The average molecular weight is 295 g/mol. The maximum atomic E-state index is 13.3. The third-order valence-corrected chi connectivity index (χ3v) is 3.94. The number of aliphatic hydroxyl groups is 1. The zero-order valence-electron chi connectivity index (χ0n) is 11.9. The molecule has 0 saturated heterocycles. The molecule has 1 aliphatic rings. The van der Waals surface area contributed by atoms with Crippen molar-refractivity contribution in [2.75, 3.05) is 13.6 Å². The van der Waals surface area contributed by atoms with Crippen LogP contribution >= 0.6 is 0 Å². The summed E-state index contributed by atoms with van der Waals surface area (Å²) in [5, 5.41) is 9.94. The van der Waals surface area contributed by atoms with Crippen LogP contribution in [0.4, 0.5) is 8.78 Å². The van der Waals surface area contributed by atoms with Crippen molar-refractivity contribution in [1.29, 1.82) is 0 Å². The Morgan fingerprint density at radius 1 is 1.38 bits per heavy atom. The molecule has 1 fully saturated rings. The first-order chi connectivity index (χ1) is 10.1. The van der Waals surface area contributed by atoms with Gasteiger partial charge in [0.25, 0.3) is 0 Å². The van der Waals surface area contributed by atoms with E-state index < -0.39 is 6.55 Å². The topological polar surface area (TPSA) is 41.3 Å². The maximum Gasteiger partial charge on any atom is 0.320 e. The number of alkyl halides is 2. The third kappa shape index (κ3) is 3.06. The molecule has 4 nitrogen and oxygen atoms in total. The Labute approximate surface area is 122 Å². The van der Waals surface area contributed by atoms with E-state index >= 15 is 0 Å². The van der Waals surface area contributed by atoms with Gasteiger partial charge in [-0.2, -0.15) is 8.78 Å². The minimum Gasteiger partial charge on any atom is -0.392 e. The maximum absolute atomic E-state index is 13.3. The molecule has 0 bridgehead atoms. The van der Waals surface area contributed by atoms with Crippen LogP contribution in [0.3, 0.4) is 0 Å². The van der Waals surface area contributed by atoms with E-state index in [1.165, 1.54) is 0 Å². The van der Waals surface area contributed by atoms with Crippen LogP contribution in [0.5, 0.6) is 0 Å². The molecule has 0 amide bonds. The Kier molecular flexibility index (Phi) is 3.91. The largest absolute Gasteiger partial charge is 0.392 e. The van der Waals surface area contributed by atoms with Crippen LogP contribution in [-0.2, 0) is 6.54 Å². The molecule has 0 radical (unpaired) electrons. The second kappa shape index (κ2) is 5.69. The fourth-order valence-electron chi connectivity index (χ4n) is 2.68. The molecular formula is C15H19F2N3O. The van der Waals surface area contributed by atoms with Gasteiger partial charge in [0.15, 0.2) is 0 Å². The minimum absolute atomic E-state index is 0.294. The zero-order valence-corrected chi connectivity index (χ0v) is 11.9. The van der Waals surface area contributed by atoms with E-state index in [0.29, 0.717) is 35.9 Å². The molecule has 0 aliphatic heterocycles. The van der Waals surface area contributed by atoms with Crippen LogP contribution in [-0.4, -0.2) is 39.3 Å². The number of aliphatic hydroxyl groups excluding tert-OH is 1. The average Bonchev–Trinajstić information content (AvgIpc) is 3.20. The van der Waals surface area contributed by atoms with Crippen molar-refractivity contribution in [1.82, 2.24) is 14.5 Å². The van der Waals surface area contributed by atoms with Gasteiger partial charge in [-0.25, -0.2) is 4.98 Å². The van der Waals surface area contributed by atoms with E-state index in [1.807, 2.05) is 11.9 Å². The summed E-state index contributed by atoms with van der Waals surface area (Å²) in [6.45, 7) is -1.84. The molecule has 6 heteroatoms. The molecule has 1 atom stereocenters. The van der Waals surface area contributed by atoms with Crippen LogP contribution in [0.25, 0.3) is 11.0 Å². The number of benzene rings is 1. The monoisotopic (exact) mass is 295 g/mol. The van der Waals surface area contributed by atoms with E-state index in [-0.39, 0.29) is 6.10 Å². The lowest BCUT2D eigenvalue weighted by atomic mass is 10.2. The van der Waals surface area contributed by atoms with Gasteiger partial charge in [0.1, 0.15) is 5.82 Å². The fraction of sp³-hybridized carbons (Fsp3) is 0.533. The first-order valence-electron chi connectivity index (χ1n) is 7.17. The van der Waals surface area contributed by atoms with E-state index in [2.05, 4.69) is 4.98 Å². The number of likely N-dealkylation sites (N-methyl/N-ethyl adjacent to an activating group) is 1. The molecule has 1 N–H and O–H groups in total. The van der Waals surface area contributed by atoms with Gasteiger partial charge < -0.3 is 5.11 Å². The molecule has 3 rings (SSSR count). The number of imidazole rings is 1. The van der Waals surface area contributed by atoms with Crippen LogP contribution in [0.15, 0.2) is 24.3 Å². The highest BCUT2D eigenvalue weighted by Gasteiger charge is 2.30. The summed E-state index contributed by atoms with van der Waals surface area (Å²) in [5.74, 6) is 0.707. The Hall–Kier alpha value is -1.53. The summed E-state index contributed by atoms with van der Waals surface area (Å²) in [7, 11) is 1.82. The van der Waals surface area contributed by atoms with Gasteiger partial charge in [0.2, 0.25) is 0 Å². The molecule has 1 aromatic heterocycles. The van der Waals surface area contributed by atoms with Crippen LogP contribution in [0.2, 0.25) is 0 Å². The van der Waals surface area contributed by atoms with Crippen molar-refractivity contribution in [3.8, 4) is 0 Å². The number of rotatable bonds is 6. The molecule has 0 spiro atoms. The Bertz CT molecular complexity index is 624. The Morgan fingerprint density at radius 2 is 2.10 bits per heavy atom. The van der Waals surface area contributed by atoms with E-state index in [1.54, 1.807) is 24.3 Å². The molecule has 1 heterocycles. The fourth-order valence-corrected chi connectivity index (χ4v) is 2.68. The van der Waals surface area contributed by atoms with Crippen LogP contribution in [0, 0.1) is 5.92 Å². The first kappa shape index (κ1) is 14.4. The van der Waals surface area contributed by atoms with Crippen molar-refractivity contribution in [2.24, 2.45) is 5.92 Å². The highest BCUT2D eigenvalue weighted by molar-refractivity contribution is 5.75. The number of nitrogens with zero attached hydrogens (tertiary/aromatic N) is 3. The number of fused-ring (bicyclic) bond motifs is 1. The number of para-hydroxylation sites is 2. The SMILES string of the molecule is CN(Cc1nc2ccccc2n1C(F)F)CC(O)C1CC1. The van der Waals surface area contributed by atoms with E-state index in [9.17, 15) is 13.9 Å². The number of halogens is 2. The van der Waals surface area contributed by atoms with Gasteiger partial charge in [0, 0.05) is 6.54 Å². The lowest BCUT2D eigenvalue weighted by Crippen LogP contribution is -2.31. The second-order valence-corrected chi connectivity index (χ2v) is 5.77. The summed E-state index contributed by atoms with van der Waals surface area (Å²) in [4.78, 5) is 6.15. The summed E-state index contributed by atoms with van der Waals surface area (Å²) < 4.78 is 27.6. The van der Waals surface area contributed by atoms with Crippen molar-refractivity contribution >= 4 is 11.0 Å². The van der Waals surface area contributed by atoms with Crippen LogP contribution in [0.1, 0.15) is 25.2 Å². The summed E-state index contributed by atoms with van der Waals surface area (Å²) in [6.07, 6.45) is 1.74. The highest BCUT2D eigenvalue weighted by atomic mass is 19.3. The lowest BCUT2D eigenvalue weighted by molar-refractivity contribution is 0.0655. The molecule has 1 saturated carbocycles. The number of hydrogen-bond acceptors (Lipinski definition) is 3. The zero-order chi connectivity index (χ0) is 15.0. The second-order valence-electron chi connectivity index (χ2n) is 5.77. The standard InChI is InChI=1S/C15H19F2N3O/c1-19(8-13(21)10-6-7-10)9-14-18-11-4-2-3-5-12(11)20(14)15(16)17/h2-5,10,13,15,21H,6-9H2,1H3. The van der Waals surface area contributed by atoms with Gasteiger partial charge in [-0.15, -0.1) is 0 Å². The molecule has 2 aromatic rings. The third-order valence-electron chi connectivity index (χ3n) is 3.94. The van der Waals surface area contributed by atoms with E-state index in [0.717, 1.165) is 17.4 Å². The van der Waals surface area contributed by atoms with Gasteiger partial charge in [0.05, 0.1) is 23.7 Å². The predicted octanol–water partition coefficient (Wildman–Crippen LogP) is 2.63. The predicted molar refractivity (Wildman–Crippen MR) is 76.1 cm³/mol. The van der Waals surface area contributed by atoms with Gasteiger partial charge in [-0.05, 0) is 37.9 Å². The molecule has 1 aliphatic carbocycles. The number of hydrogen-bond donors (Lipinski definition) is 1. The summed E-state index contributed by atoms with van der Waals surface area (Å²) >= 11 is 0. The van der Waals surface area contributed by atoms with Gasteiger partial charge in [-0.1, -0.05) is 12.1 Å². The van der Waals surface area contributed by atoms with Crippen molar-refractivity contribution in [3.63, 3.8) is 0 Å². The summed E-state index contributed by atoms with van der Waals surface area (Å²) in [6, 6.07) is 6.90. The number of aromatic nitrogens is 2. The first-order valence-corrected chi connectivity index (χ1v) is 7.17. The van der Waals surface area contributed by atoms with Crippen LogP contribution < -0.4 is 0 Å². The van der Waals surface area contributed by atoms with Crippen molar-refractivity contribution in [3.05, 3.63) is 30.1 Å².